The van der Waals surface area contributed by atoms with Gasteiger partial charge < -0.3 is 15.2 Å². The summed E-state index contributed by atoms with van der Waals surface area (Å²) < 4.78 is 34.6. The third-order valence-corrected chi connectivity index (χ3v) is 5.26. The zero-order valence-electron chi connectivity index (χ0n) is 13.0. The van der Waals surface area contributed by atoms with Crippen LogP contribution in [-0.4, -0.2) is 39.2 Å². The van der Waals surface area contributed by atoms with Crippen molar-refractivity contribution >= 4 is 9.84 Å². The fourth-order valence-electron chi connectivity index (χ4n) is 1.77. The quantitative estimate of drug-likeness (QED) is 0.751. The van der Waals surface area contributed by atoms with E-state index in [9.17, 15) is 8.42 Å². The summed E-state index contributed by atoms with van der Waals surface area (Å²) in [4.78, 5) is 0. The van der Waals surface area contributed by atoms with Crippen LogP contribution < -0.4 is 15.2 Å². The Bertz CT molecular complexity index is 541. The number of benzene rings is 1. The highest BCUT2D eigenvalue weighted by molar-refractivity contribution is 7.91. The van der Waals surface area contributed by atoms with Gasteiger partial charge in [-0.25, -0.2) is 8.42 Å². The lowest BCUT2D eigenvalue weighted by atomic mass is 10.1. The molecule has 120 valence electrons. The van der Waals surface area contributed by atoms with Crippen molar-refractivity contribution in [2.45, 2.75) is 32.4 Å². The molecule has 0 saturated heterocycles. The van der Waals surface area contributed by atoms with Gasteiger partial charge in [0.25, 0.3) is 0 Å². The lowest BCUT2D eigenvalue weighted by molar-refractivity contribution is 0.288. The predicted octanol–water partition coefficient (Wildman–Crippen LogP) is 1.79. The Labute approximate surface area is 127 Å². The predicted molar refractivity (Wildman–Crippen MR) is 84.8 cm³/mol. The standard InChI is InChI=1S/C15H25NO4S/c1-4-19-15-11-13(7-8-16)5-6-14(15)20-9-10-21(17,18)12(2)3/h5-6,11-12H,4,7-10,16H2,1-3H3. The lowest BCUT2D eigenvalue weighted by Crippen LogP contribution is -2.22. The third-order valence-electron chi connectivity index (χ3n) is 3.08. The molecule has 0 amide bonds. The van der Waals surface area contributed by atoms with E-state index in [0.29, 0.717) is 24.7 Å². The molecule has 0 spiro atoms. The summed E-state index contributed by atoms with van der Waals surface area (Å²) in [5.74, 6) is 1.20. The lowest BCUT2D eigenvalue weighted by Gasteiger charge is -2.14. The van der Waals surface area contributed by atoms with E-state index in [2.05, 4.69) is 0 Å². The van der Waals surface area contributed by atoms with Gasteiger partial charge in [0, 0.05) is 0 Å². The Morgan fingerprint density at radius 3 is 2.48 bits per heavy atom. The molecule has 0 heterocycles. The van der Waals surface area contributed by atoms with E-state index in [1.807, 2.05) is 19.1 Å². The summed E-state index contributed by atoms with van der Waals surface area (Å²) in [6.45, 7) is 6.44. The molecule has 5 nitrogen and oxygen atoms in total. The van der Waals surface area contributed by atoms with E-state index in [-0.39, 0.29) is 17.6 Å². The summed E-state index contributed by atoms with van der Waals surface area (Å²) >= 11 is 0. The molecule has 0 aliphatic heterocycles. The minimum Gasteiger partial charge on any atom is -0.490 e. The topological polar surface area (TPSA) is 78.6 Å². The summed E-state index contributed by atoms with van der Waals surface area (Å²) in [6, 6.07) is 5.61. The number of hydrogen-bond acceptors (Lipinski definition) is 5. The van der Waals surface area contributed by atoms with Crippen LogP contribution in [0.25, 0.3) is 0 Å². The molecule has 0 aliphatic rings. The average Bonchev–Trinajstić information content (AvgIpc) is 2.41. The average molecular weight is 315 g/mol. The highest BCUT2D eigenvalue weighted by Gasteiger charge is 2.16. The van der Waals surface area contributed by atoms with E-state index in [0.717, 1.165) is 12.0 Å². The summed E-state index contributed by atoms with van der Waals surface area (Å²) in [5.41, 5.74) is 6.61. The van der Waals surface area contributed by atoms with Crippen LogP contribution in [0.5, 0.6) is 11.5 Å². The number of nitrogens with two attached hydrogens (primary N) is 1. The van der Waals surface area contributed by atoms with Crippen LogP contribution in [0.3, 0.4) is 0 Å². The third kappa shape index (κ3) is 5.55. The van der Waals surface area contributed by atoms with Crippen LogP contribution in [0.2, 0.25) is 0 Å². The van der Waals surface area contributed by atoms with Crippen molar-refractivity contribution in [1.29, 1.82) is 0 Å². The monoisotopic (exact) mass is 315 g/mol. The molecule has 21 heavy (non-hydrogen) atoms. The van der Waals surface area contributed by atoms with E-state index >= 15 is 0 Å². The van der Waals surface area contributed by atoms with Gasteiger partial charge in [-0.3, -0.25) is 0 Å². The van der Waals surface area contributed by atoms with Crippen molar-refractivity contribution < 1.29 is 17.9 Å². The largest absolute Gasteiger partial charge is 0.490 e. The Kier molecular flexibility index (Phi) is 6.98. The minimum absolute atomic E-state index is 0.000777. The second kappa shape index (κ2) is 8.24. The van der Waals surface area contributed by atoms with Gasteiger partial charge >= 0.3 is 0 Å². The van der Waals surface area contributed by atoms with Crippen molar-refractivity contribution in [1.82, 2.24) is 0 Å². The fourth-order valence-corrected chi connectivity index (χ4v) is 2.55. The first-order valence-corrected chi connectivity index (χ1v) is 8.92. The van der Waals surface area contributed by atoms with Crippen LogP contribution in [0.15, 0.2) is 18.2 Å². The number of hydrogen-bond donors (Lipinski definition) is 1. The molecule has 6 heteroatoms. The first-order chi connectivity index (χ1) is 9.90. The normalized spacial score (nSPS) is 11.7. The van der Waals surface area contributed by atoms with Gasteiger partial charge in [0.15, 0.2) is 21.3 Å². The fraction of sp³-hybridized carbons (Fsp3) is 0.600. The molecule has 0 aromatic heterocycles. The molecule has 0 bridgehead atoms. The van der Waals surface area contributed by atoms with E-state index in [1.54, 1.807) is 19.9 Å². The van der Waals surface area contributed by atoms with Crippen LogP contribution in [0.4, 0.5) is 0 Å². The van der Waals surface area contributed by atoms with Crippen molar-refractivity contribution in [3.05, 3.63) is 23.8 Å². The Morgan fingerprint density at radius 2 is 1.90 bits per heavy atom. The maximum absolute atomic E-state index is 11.7. The molecule has 1 aromatic carbocycles. The molecule has 2 N–H and O–H groups in total. The molecule has 0 saturated carbocycles. The number of ether oxygens (including phenoxy) is 2. The summed E-state index contributed by atoms with van der Waals surface area (Å²) in [7, 11) is -3.09. The second-order valence-electron chi connectivity index (χ2n) is 5.02. The molecule has 0 atom stereocenters. The van der Waals surface area contributed by atoms with Crippen molar-refractivity contribution in [3.63, 3.8) is 0 Å². The van der Waals surface area contributed by atoms with Crippen LogP contribution in [0.1, 0.15) is 26.3 Å². The van der Waals surface area contributed by atoms with E-state index in [1.165, 1.54) is 0 Å². The van der Waals surface area contributed by atoms with Gasteiger partial charge in [-0.15, -0.1) is 0 Å². The van der Waals surface area contributed by atoms with Crippen molar-refractivity contribution in [2.24, 2.45) is 5.73 Å². The molecule has 1 aromatic rings. The van der Waals surface area contributed by atoms with E-state index < -0.39 is 9.84 Å². The molecule has 0 unspecified atom stereocenters. The van der Waals surface area contributed by atoms with Crippen LogP contribution in [0, 0.1) is 0 Å². The van der Waals surface area contributed by atoms with Gasteiger partial charge in [0.05, 0.1) is 17.6 Å². The maximum Gasteiger partial charge on any atom is 0.161 e. The zero-order chi connectivity index (χ0) is 15.9. The van der Waals surface area contributed by atoms with Crippen molar-refractivity contribution in [3.8, 4) is 11.5 Å². The summed E-state index contributed by atoms with van der Waals surface area (Å²) in [6.07, 6.45) is 0.766. The molecular formula is C15H25NO4S. The molecule has 0 fully saturated rings. The molecule has 0 radical (unpaired) electrons. The Hall–Kier alpha value is -1.27. The zero-order valence-corrected chi connectivity index (χ0v) is 13.8. The highest BCUT2D eigenvalue weighted by atomic mass is 32.2. The van der Waals surface area contributed by atoms with Gasteiger partial charge in [-0.1, -0.05) is 6.07 Å². The first kappa shape index (κ1) is 17.8. The van der Waals surface area contributed by atoms with Crippen molar-refractivity contribution in [2.75, 3.05) is 25.5 Å². The molecule has 1 rings (SSSR count). The summed E-state index contributed by atoms with van der Waals surface area (Å²) in [5, 5.41) is -0.389. The van der Waals surface area contributed by atoms with Crippen LogP contribution in [-0.2, 0) is 16.3 Å². The molecular weight excluding hydrogens is 290 g/mol. The van der Waals surface area contributed by atoms with Gasteiger partial charge in [-0.2, -0.15) is 0 Å². The van der Waals surface area contributed by atoms with Gasteiger partial charge in [0.2, 0.25) is 0 Å². The van der Waals surface area contributed by atoms with Crippen LogP contribution >= 0.6 is 0 Å². The van der Waals surface area contributed by atoms with Gasteiger partial charge in [-0.05, 0) is 51.4 Å². The first-order valence-electron chi connectivity index (χ1n) is 7.20. The Morgan fingerprint density at radius 1 is 1.19 bits per heavy atom. The molecule has 0 aliphatic carbocycles. The number of sulfone groups is 1. The smallest absolute Gasteiger partial charge is 0.161 e. The number of rotatable bonds is 9. The minimum atomic E-state index is -3.09. The van der Waals surface area contributed by atoms with Gasteiger partial charge in [0.1, 0.15) is 6.61 Å². The SMILES string of the molecule is CCOc1cc(CCN)ccc1OCCS(=O)(=O)C(C)C. The highest BCUT2D eigenvalue weighted by Crippen LogP contribution is 2.28. The van der Waals surface area contributed by atoms with E-state index in [4.69, 9.17) is 15.2 Å². The maximum atomic E-state index is 11.7. The second-order valence-corrected chi connectivity index (χ2v) is 7.69. The Balaban J connectivity index is 2.74.